The molecule has 1 aliphatic carbocycles. The van der Waals surface area contributed by atoms with E-state index in [0.717, 1.165) is 24.8 Å². The monoisotopic (exact) mass is 381 g/mol. The van der Waals surface area contributed by atoms with Crippen molar-refractivity contribution in [2.75, 3.05) is 16.8 Å². The molecule has 0 aliphatic heterocycles. The molecule has 0 fully saturated rings. The van der Waals surface area contributed by atoms with Gasteiger partial charge >= 0.3 is 0 Å². The summed E-state index contributed by atoms with van der Waals surface area (Å²) in [6.07, 6.45) is 4.32. The van der Waals surface area contributed by atoms with Gasteiger partial charge in [-0.05, 0) is 54.7 Å². The standard InChI is InChI=1S/C17H19N3O3S.ClH/c18-16-7-5-14(11-19-16)20-17(21)8-9-24(22,23)15-6-4-12-2-1-3-13(12)10-15;/h4-7,10-11H,1-3,8-9H2,(H2,18,19)(H,20,21);1H. The Bertz CT molecular complexity index is 867. The lowest BCUT2D eigenvalue weighted by Crippen LogP contribution is -2.17. The van der Waals surface area contributed by atoms with Crippen LogP contribution in [0.5, 0.6) is 0 Å². The number of amides is 1. The lowest BCUT2D eigenvalue weighted by molar-refractivity contribution is -0.115. The minimum Gasteiger partial charge on any atom is -0.384 e. The molecule has 0 bridgehead atoms. The fourth-order valence-electron chi connectivity index (χ4n) is 2.79. The SMILES string of the molecule is Cl.Nc1ccc(NC(=O)CCS(=O)(=O)c2ccc3c(c2)CCC3)cn1. The molecule has 6 nitrogen and oxygen atoms in total. The first kappa shape index (κ1) is 19.2. The Kier molecular flexibility index (Phi) is 6.02. The zero-order valence-corrected chi connectivity index (χ0v) is 15.2. The van der Waals surface area contributed by atoms with Gasteiger partial charge in [0.15, 0.2) is 9.84 Å². The number of pyridine rings is 1. The average molecular weight is 382 g/mol. The van der Waals surface area contributed by atoms with Crippen LogP contribution in [-0.4, -0.2) is 25.1 Å². The van der Waals surface area contributed by atoms with Crippen molar-refractivity contribution in [2.24, 2.45) is 0 Å². The van der Waals surface area contributed by atoms with Gasteiger partial charge in [-0.3, -0.25) is 4.79 Å². The van der Waals surface area contributed by atoms with Crippen molar-refractivity contribution in [3.63, 3.8) is 0 Å². The van der Waals surface area contributed by atoms with E-state index in [4.69, 9.17) is 5.73 Å². The van der Waals surface area contributed by atoms with E-state index in [1.54, 1.807) is 24.3 Å². The first-order valence-corrected chi connectivity index (χ1v) is 9.45. The normalized spacial score (nSPS) is 13.0. The van der Waals surface area contributed by atoms with Gasteiger partial charge in [-0.1, -0.05) is 6.07 Å². The largest absolute Gasteiger partial charge is 0.384 e. The molecule has 1 aromatic heterocycles. The first-order chi connectivity index (χ1) is 11.4. The summed E-state index contributed by atoms with van der Waals surface area (Å²) in [5.74, 6) is -0.237. The maximum absolute atomic E-state index is 12.4. The maximum Gasteiger partial charge on any atom is 0.225 e. The number of nitrogens with one attached hydrogen (secondary N) is 1. The average Bonchev–Trinajstić information content (AvgIpc) is 3.03. The summed E-state index contributed by atoms with van der Waals surface area (Å²) in [6, 6.07) is 8.46. The third kappa shape index (κ3) is 4.70. The molecule has 1 aromatic carbocycles. The number of hydrogen-bond acceptors (Lipinski definition) is 5. The van der Waals surface area contributed by atoms with Gasteiger partial charge in [0.1, 0.15) is 5.82 Å². The highest BCUT2D eigenvalue weighted by Crippen LogP contribution is 2.25. The maximum atomic E-state index is 12.4. The van der Waals surface area contributed by atoms with Crippen LogP contribution in [0.3, 0.4) is 0 Å². The highest BCUT2D eigenvalue weighted by molar-refractivity contribution is 7.91. The molecule has 134 valence electrons. The number of aryl methyl sites for hydroxylation is 2. The molecule has 0 saturated carbocycles. The van der Waals surface area contributed by atoms with Gasteiger partial charge in [0.2, 0.25) is 5.91 Å². The second kappa shape index (κ2) is 7.84. The van der Waals surface area contributed by atoms with Crippen LogP contribution < -0.4 is 11.1 Å². The number of sulfone groups is 1. The number of carbonyl (C=O) groups is 1. The van der Waals surface area contributed by atoms with E-state index in [-0.39, 0.29) is 30.5 Å². The Morgan fingerprint density at radius 2 is 1.92 bits per heavy atom. The van der Waals surface area contributed by atoms with Gasteiger partial charge in [-0.15, -0.1) is 12.4 Å². The van der Waals surface area contributed by atoms with Crippen LogP contribution in [0.4, 0.5) is 11.5 Å². The summed E-state index contributed by atoms with van der Waals surface area (Å²) < 4.78 is 24.8. The van der Waals surface area contributed by atoms with Crippen molar-refractivity contribution < 1.29 is 13.2 Å². The van der Waals surface area contributed by atoms with E-state index in [9.17, 15) is 13.2 Å². The van der Waals surface area contributed by atoms with Crippen molar-refractivity contribution in [3.05, 3.63) is 47.7 Å². The van der Waals surface area contributed by atoms with Gasteiger partial charge in [0.25, 0.3) is 0 Å². The van der Waals surface area contributed by atoms with Crippen LogP contribution >= 0.6 is 12.4 Å². The van der Waals surface area contributed by atoms with Crippen LogP contribution in [-0.2, 0) is 27.5 Å². The predicted molar refractivity (Wildman–Crippen MR) is 99.7 cm³/mol. The Morgan fingerprint density at radius 3 is 2.64 bits per heavy atom. The van der Waals surface area contributed by atoms with Gasteiger partial charge in [0, 0.05) is 6.42 Å². The van der Waals surface area contributed by atoms with Gasteiger partial charge in [0.05, 0.1) is 22.5 Å². The summed E-state index contributed by atoms with van der Waals surface area (Å²) >= 11 is 0. The number of rotatable bonds is 5. The van der Waals surface area contributed by atoms with E-state index in [1.807, 2.05) is 6.07 Å². The number of carbonyl (C=O) groups excluding carboxylic acids is 1. The van der Waals surface area contributed by atoms with Crippen LogP contribution in [0.2, 0.25) is 0 Å². The summed E-state index contributed by atoms with van der Waals surface area (Å²) in [6.45, 7) is 0. The smallest absolute Gasteiger partial charge is 0.225 e. The molecular weight excluding hydrogens is 362 g/mol. The third-order valence-corrected chi connectivity index (χ3v) is 5.81. The highest BCUT2D eigenvalue weighted by atomic mass is 35.5. The van der Waals surface area contributed by atoms with E-state index in [0.29, 0.717) is 16.4 Å². The van der Waals surface area contributed by atoms with Crippen molar-refractivity contribution in [1.82, 2.24) is 4.98 Å². The fourth-order valence-corrected chi connectivity index (χ4v) is 4.08. The molecule has 25 heavy (non-hydrogen) atoms. The number of anilines is 2. The van der Waals surface area contributed by atoms with Gasteiger partial charge in [-0.2, -0.15) is 0 Å². The Balaban J connectivity index is 0.00000225. The Morgan fingerprint density at radius 1 is 1.16 bits per heavy atom. The van der Waals surface area contributed by atoms with E-state index >= 15 is 0 Å². The minimum atomic E-state index is -3.47. The minimum absolute atomic E-state index is 0. The number of nitrogens with two attached hydrogens (primary N) is 1. The topological polar surface area (TPSA) is 102 Å². The molecule has 0 saturated heterocycles. The summed E-state index contributed by atoms with van der Waals surface area (Å²) in [5.41, 5.74) is 8.29. The quantitative estimate of drug-likeness (QED) is 0.827. The molecule has 2 aromatic rings. The Labute approximate surface area is 153 Å². The van der Waals surface area contributed by atoms with Crippen LogP contribution in [0, 0.1) is 0 Å². The second-order valence-electron chi connectivity index (χ2n) is 5.87. The predicted octanol–water partition coefficient (Wildman–Crippen LogP) is 2.38. The molecule has 1 amide bonds. The van der Waals surface area contributed by atoms with E-state index in [2.05, 4.69) is 10.3 Å². The fraction of sp³-hybridized carbons (Fsp3) is 0.294. The molecule has 0 radical (unpaired) electrons. The number of halogens is 1. The molecular formula is C17H20ClN3O3S. The number of nitrogens with zero attached hydrogens (tertiary/aromatic N) is 1. The number of aromatic nitrogens is 1. The molecule has 0 atom stereocenters. The van der Waals surface area contributed by atoms with Crippen molar-refractivity contribution in [2.45, 2.75) is 30.6 Å². The molecule has 1 aliphatic rings. The highest BCUT2D eigenvalue weighted by Gasteiger charge is 2.19. The van der Waals surface area contributed by atoms with Crippen molar-refractivity contribution in [3.8, 4) is 0 Å². The number of nitrogen functional groups attached to an aromatic ring is 1. The first-order valence-electron chi connectivity index (χ1n) is 7.80. The molecule has 8 heteroatoms. The number of hydrogen-bond donors (Lipinski definition) is 2. The Hall–Kier alpha value is -2.12. The number of fused-ring (bicyclic) bond motifs is 1. The molecule has 3 N–H and O–H groups in total. The lowest BCUT2D eigenvalue weighted by Gasteiger charge is -2.08. The van der Waals surface area contributed by atoms with Crippen LogP contribution in [0.25, 0.3) is 0 Å². The van der Waals surface area contributed by atoms with Crippen molar-refractivity contribution in [1.29, 1.82) is 0 Å². The van der Waals surface area contributed by atoms with Gasteiger partial charge in [-0.25, -0.2) is 13.4 Å². The number of benzene rings is 1. The molecule has 3 rings (SSSR count). The summed E-state index contributed by atoms with van der Waals surface area (Å²) in [5, 5.41) is 2.61. The van der Waals surface area contributed by atoms with Crippen LogP contribution in [0.1, 0.15) is 24.0 Å². The van der Waals surface area contributed by atoms with Crippen molar-refractivity contribution >= 4 is 39.7 Å². The van der Waals surface area contributed by atoms with Gasteiger partial charge < -0.3 is 11.1 Å². The zero-order chi connectivity index (χ0) is 17.2. The second-order valence-corrected chi connectivity index (χ2v) is 7.98. The van der Waals surface area contributed by atoms with E-state index < -0.39 is 9.84 Å². The molecule has 0 spiro atoms. The third-order valence-electron chi connectivity index (χ3n) is 4.10. The zero-order valence-electron chi connectivity index (χ0n) is 13.6. The lowest BCUT2D eigenvalue weighted by atomic mass is 10.1. The summed E-state index contributed by atoms with van der Waals surface area (Å²) in [7, 11) is -3.47. The molecule has 1 heterocycles. The van der Waals surface area contributed by atoms with E-state index in [1.165, 1.54) is 11.8 Å². The van der Waals surface area contributed by atoms with Crippen LogP contribution in [0.15, 0.2) is 41.4 Å². The molecule has 0 unspecified atom stereocenters. The summed E-state index contributed by atoms with van der Waals surface area (Å²) in [4.78, 5) is 16.1.